The Morgan fingerprint density at radius 3 is 1.97 bits per heavy atom. The van der Waals surface area contributed by atoms with E-state index >= 15 is 8.78 Å². The molecule has 0 unspecified atom stereocenters. The molecule has 0 aliphatic heterocycles. The van der Waals surface area contributed by atoms with E-state index in [9.17, 15) is 32.2 Å². The van der Waals surface area contributed by atoms with Crippen molar-refractivity contribution >= 4 is 0 Å². The molecule has 0 aliphatic carbocycles. The van der Waals surface area contributed by atoms with Gasteiger partial charge in [0.25, 0.3) is 0 Å². The standard InChI is InChI=1S/C21H14F7NO3/c22-14-4-7-16(17(23)9-14)19(31,11-30)20(24,25)18-8-3-13(10-29-18)12-1-5-15(6-2-12)32-21(26,27)28/h1-10,30-31H,11H2/t19-/m1/s1. The summed E-state index contributed by atoms with van der Waals surface area (Å²) in [6.45, 7) is -1.60. The van der Waals surface area contributed by atoms with E-state index in [1.54, 1.807) is 0 Å². The number of aliphatic hydroxyl groups is 2. The number of ether oxygens (including phenoxy) is 1. The van der Waals surface area contributed by atoms with Crippen LogP contribution in [0.2, 0.25) is 0 Å². The number of rotatable bonds is 6. The fraction of sp³-hybridized carbons (Fsp3) is 0.190. The molecule has 1 aromatic heterocycles. The van der Waals surface area contributed by atoms with Crippen LogP contribution in [0.25, 0.3) is 11.1 Å². The number of benzene rings is 2. The summed E-state index contributed by atoms with van der Waals surface area (Å²) >= 11 is 0. The number of aromatic nitrogens is 1. The zero-order chi connectivity index (χ0) is 23.7. The molecule has 2 N–H and O–H groups in total. The van der Waals surface area contributed by atoms with Crippen LogP contribution in [0.4, 0.5) is 30.7 Å². The van der Waals surface area contributed by atoms with Gasteiger partial charge in [-0.1, -0.05) is 18.2 Å². The second-order valence-corrected chi connectivity index (χ2v) is 6.72. The van der Waals surface area contributed by atoms with Crippen molar-refractivity contribution in [2.75, 3.05) is 6.61 Å². The molecular formula is C21H14F7NO3. The molecule has 0 saturated carbocycles. The lowest BCUT2D eigenvalue weighted by Gasteiger charge is -2.34. The topological polar surface area (TPSA) is 62.6 Å². The smallest absolute Gasteiger partial charge is 0.406 e. The summed E-state index contributed by atoms with van der Waals surface area (Å²) < 4.78 is 97.7. The summed E-state index contributed by atoms with van der Waals surface area (Å²) in [4.78, 5) is 3.57. The number of pyridine rings is 1. The van der Waals surface area contributed by atoms with Gasteiger partial charge in [-0.2, -0.15) is 8.78 Å². The first kappa shape index (κ1) is 23.5. The van der Waals surface area contributed by atoms with Gasteiger partial charge in [0.2, 0.25) is 0 Å². The monoisotopic (exact) mass is 461 g/mol. The molecule has 0 saturated heterocycles. The fourth-order valence-electron chi connectivity index (χ4n) is 2.99. The van der Waals surface area contributed by atoms with E-state index in [0.29, 0.717) is 17.7 Å². The van der Waals surface area contributed by atoms with Gasteiger partial charge >= 0.3 is 12.3 Å². The summed E-state index contributed by atoms with van der Waals surface area (Å²) in [6.07, 6.45) is -3.91. The number of hydrogen-bond donors (Lipinski definition) is 2. The highest BCUT2D eigenvalue weighted by Crippen LogP contribution is 2.45. The van der Waals surface area contributed by atoms with Crippen LogP contribution in [0.1, 0.15) is 11.3 Å². The number of halogens is 7. The normalized spacial score (nSPS) is 14.2. The molecule has 1 heterocycles. The molecule has 11 heteroatoms. The van der Waals surface area contributed by atoms with Crippen molar-refractivity contribution in [1.29, 1.82) is 0 Å². The van der Waals surface area contributed by atoms with Crippen LogP contribution in [-0.4, -0.2) is 28.2 Å². The first-order valence-corrected chi connectivity index (χ1v) is 8.87. The second-order valence-electron chi connectivity index (χ2n) is 6.72. The SMILES string of the molecule is OC[C@@](O)(c1ccc(F)cc1F)C(F)(F)c1ccc(-c2ccc(OC(F)(F)F)cc2)cn1. The predicted molar refractivity (Wildman–Crippen MR) is 97.6 cm³/mol. The molecule has 0 fully saturated rings. The van der Waals surface area contributed by atoms with Crippen LogP contribution in [0.3, 0.4) is 0 Å². The largest absolute Gasteiger partial charge is 0.573 e. The van der Waals surface area contributed by atoms with Crippen molar-refractivity contribution in [2.24, 2.45) is 0 Å². The van der Waals surface area contributed by atoms with Gasteiger partial charge in [0.05, 0.1) is 6.61 Å². The molecular weight excluding hydrogens is 447 g/mol. The van der Waals surface area contributed by atoms with Gasteiger partial charge in [-0.15, -0.1) is 13.2 Å². The Bertz CT molecular complexity index is 1090. The average Bonchev–Trinajstić information content (AvgIpc) is 2.72. The molecule has 0 bridgehead atoms. The molecule has 0 amide bonds. The molecule has 3 aromatic rings. The molecule has 1 atom stereocenters. The summed E-state index contributed by atoms with van der Waals surface area (Å²) in [6, 6.07) is 8.01. The van der Waals surface area contributed by atoms with Crippen molar-refractivity contribution in [3.63, 3.8) is 0 Å². The Morgan fingerprint density at radius 2 is 1.47 bits per heavy atom. The van der Waals surface area contributed by atoms with Crippen LogP contribution in [0.15, 0.2) is 60.8 Å². The van der Waals surface area contributed by atoms with E-state index < -0.39 is 53.1 Å². The van der Waals surface area contributed by atoms with Crippen molar-refractivity contribution in [1.82, 2.24) is 4.98 Å². The summed E-state index contributed by atoms with van der Waals surface area (Å²) in [5, 5.41) is 19.9. The lowest BCUT2D eigenvalue weighted by molar-refractivity contribution is -0.274. The van der Waals surface area contributed by atoms with Gasteiger partial charge in [0.15, 0.2) is 5.60 Å². The Kier molecular flexibility index (Phi) is 6.16. The van der Waals surface area contributed by atoms with Crippen molar-refractivity contribution in [3.05, 3.63) is 83.7 Å². The first-order chi connectivity index (χ1) is 14.9. The minimum Gasteiger partial charge on any atom is -0.406 e. The predicted octanol–water partition coefficient (Wildman–Crippen LogP) is 4.90. The van der Waals surface area contributed by atoms with Crippen LogP contribution in [-0.2, 0) is 11.5 Å². The second kappa shape index (κ2) is 8.40. The molecule has 170 valence electrons. The third-order valence-corrected chi connectivity index (χ3v) is 4.63. The van der Waals surface area contributed by atoms with E-state index in [-0.39, 0.29) is 11.6 Å². The molecule has 0 radical (unpaired) electrons. The van der Waals surface area contributed by atoms with Crippen molar-refractivity contribution in [3.8, 4) is 16.9 Å². The van der Waals surface area contributed by atoms with E-state index in [1.807, 2.05) is 0 Å². The highest BCUT2D eigenvalue weighted by molar-refractivity contribution is 5.63. The van der Waals surface area contributed by atoms with E-state index in [0.717, 1.165) is 30.5 Å². The quantitative estimate of drug-likeness (QED) is 0.513. The Morgan fingerprint density at radius 1 is 0.844 bits per heavy atom. The summed E-state index contributed by atoms with van der Waals surface area (Å²) in [7, 11) is 0. The van der Waals surface area contributed by atoms with Gasteiger partial charge in [-0.05, 0) is 35.9 Å². The minimum atomic E-state index is -4.87. The fourth-order valence-corrected chi connectivity index (χ4v) is 2.99. The Hall–Kier alpha value is -3.18. The van der Waals surface area contributed by atoms with Crippen LogP contribution in [0, 0.1) is 11.6 Å². The maximum Gasteiger partial charge on any atom is 0.573 e. The zero-order valence-electron chi connectivity index (χ0n) is 15.9. The van der Waals surface area contributed by atoms with Crippen LogP contribution in [0.5, 0.6) is 5.75 Å². The summed E-state index contributed by atoms with van der Waals surface area (Å²) in [5.74, 6) is -7.33. The van der Waals surface area contributed by atoms with Crippen LogP contribution < -0.4 is 4.74 Å². The maximum absolute atomic E-state index is 15.1. The van der Waals surface area contributed by atoms with Crippen molar-refractivity contribution in [2.45, 2.75) is 17.9 Å². The molecule has 0 aliphatic rings. The van der Waals surface area contributed by atoms with Crippen LogP contribution >= 0.6 is 0 Å². The highest BCUT2D eigenvalue weighted by Gasteiger charge is 2.57. The molecule has 0 spiro atoms. The maximum atomic E-state index is 15.1. The number of alkyl halides is 5. The lowest BCUT2D eigenvalue weighted by Crippen LogP contribution is -2.47. The number of nitrogens with zero attached hydrogens (tertiary/aromatic N) is 1. The first-order valence-electron chi connectivity index (χ1n) is 8.87. The third kappa shape index (κ3) is 4.53. The number of aliphatic hydroxyl groups excluding tert-OH is 1. The molecule has 2 aromatic carbocycles. The van der Waals surface area contributed by atoms with E-state index in [2.05, 4.69) is 9.72 Å². The van der Waals surface area contributed by atoms with Gasteiger partial charge in [0, 0.05) is 23.4 Å². The van der Waals surface area contributed by atoms with Gasteiger partial charge in [-0.3, -0.25) is 4.98 Å². The molecule has 4 nitrogen and oxygen atoms in total. The van der Waals surface area contributed by atoms with Gasteiger partial charge in [-0.25, -0.2) is 8.78 Å². The van der Waals surface area contributed by atoms with E-state index in [1.165, 1.54) is 12.1 Å². The Labute approximate surface area is 176 Å². The third-order valence-electron chi connectivity index (χ3n) is 4.63. The van der Waals surface area contributed by atoms with Crippen molar-refractivity contribution < 1.29 is 45.7 Å². The molecule has 32 heavy (non-hydrogen) atoms. The lowest BCUT2D eigenvalue weighted by atomic mass is 9.85. The zero-order valence-corrected chi connectivity index (χ0v) is 15.9. The number of hydrogen-bond acceptors (Lipinski definition) is 4. The summed E-state index contributed by atoms with van der Waals surface area (Å²) in [5.41, 5.74) is -4.95. The highest BCUT2D eigenvalue weighted by atomic mass is 19.4. The van der Waals surface area contributed by atoms with Gasteiger partial charge < -0.3 is 14.9 Å². The Balaban J connectivity index is 1.91. The average molecular weight is 461 g/mol. The van der Waals surface area contributed by atoms with E-state index in [4.69, 9.17) is 0 Å². The molecule has 3 rings (SSSR count). The minimum absolute atomic E-state index is 0.239. The van der Waals surface area contributed by atoms with Gasteiger partial charge in [0.1, 0.15) is 23.1 Å².